The summed E-state index contributed by atoms with van der Waals surface area (Å²) in [5.41, 5.74) is 0.627. The maximum absolute atomic E-state index is 14.8. The molecule has 0 N–H and O–H groups in total. The van der Waals surface area contributed by atoms with Crippen LogP contribution < -0.4 is 0 Å². The van der Waals surface area contributed by atoms with Crippen molar-refractivity contribution < 1.29 is 52.3 Å². The Morgan fingerprint density at radius 3 is 2.22 bits per heavy atom. The number of alkyl halides is 1. The fourth-order valence-corrected chi connectivity index (χ4v) is 11.8. The molecule has 0 spiro atoms. The maximum Gasteiger partial charge on any atom is 0.306 e. The molecular formula is C41H64BrNO11. The van der Waals surface area contributed by atoms with E-state index in [1.807, 2.05) is 20.8 Å². The van der Waals surface area contributed by atoms with E-state index in [9.17, 15) is 14.4 Å². The molecule has 4 unspecified atom stereocenters. The second-order valence-electron chi connectivity index (χ2n) is 16.9. The second kappa shape index (κ2) is 18.1. The van der Waals surface area contributed by atoms with Crippen molar-refractivity contribution in [1.82, 2.24) is 4.90 Å². The molecule has 5 fully saturated rings. The summed E-state index contributed by atoms with van der Waals surface area (Å²) in [5, 5.41) is 0. The van der Waals surface area contributed by atoms with Crippen molar-refractivity contribution in [1.29, 1.82) is 0 Å². The van der Waals surface area contributed by atoms with Crippen LogP contribution in [0.15, 0.2) is 11.6 Å². The SMILES string of the molecule is CC[C@H]1CCC[C@H](O[C@H]2CC[C@H](N(C)C)C(C)O2)[C@@H](C)C(=O)C2=C[C@H]3[C@@H]4C[C@H](O[C@@H]5OC(C)[C@H](OC)C(OC)[C@@H]5OC)C[C@H]4C(=O)C(Br)[C@H]3[C@@H]2CC(=O)O1. The Morgan fingerprint density at radius 2 is 1.57 bits per heavy atom. The number of fused-ring (bicyclic) bond motifs is 5. The molecule has 18 atom stereocenters. The summed E-state index contributed by atoms with van der Waals surface area (Å²) in [5.74, 6) is -1.82. The number of rotatable bonds is 9. The van der Waals surface area contributed by atoms with Crippen LogP contribution in [-0.2, 0) is 52.3 Å². The number of carbonyl (C=O) groups is 3. The minimum atomic E-state index is -0.709. The molecule has 12 nitrogen and oxygen atoms in total. The van der Waals surface area contributed by atoms with Crippen molar-refractivity contribution in [3.05, 3.63) is 11.6 Å². The number of esters is 1. The summed E-state index contributed by atoms with van der Waals surface area (Å²) in [6, 6.07) is 0.308. The van der Waals surface area contributed by atoms with Gasteiger partial charge >= 0.3 is 5.97 Å². The van der Waals surface area contributed by atoms with Crippen molar-refractivity contribution in [2.75, 3.05) is 35.4 Å². The number of hydrogen-bond acceptors (Lipinski definition) is 12. The molecular weight excluding hydrogens is 762 g/mol. The second-order valence-corrected chi connectivity index (χ2v) is 17.8. The third kappa shape index (κ3) is 8.46. The van der Waals surface area contributed by atoms with Crippen molar-refractivity contribution >= 4 is 33.5 Å². The van der Waals surface area contributed by atoms with Gasteiger partial charge in [0.2, 0.25) is 0 Å². The number of halogens is 1. The van der Waals surface area contributed by atoms with Gasteiger partial charge in [-0.15, -0.1) is 0 Å². The number of allylic oxidation sites excluding steroid dienone is 2. The van der Waals surface area contributed by atoms with Crippen LogP contribution in [0.3, 0.4) is 0 Å². The zero-order chi connectivity index (χ0) is 39.0. The van der Waals surface area contributed by atoms with Crippen LogP contribution in [0.1, 0.15) is 85.5 Å². The van der Waals surface area contributed by atoms with E-state index >= 15 is 0 Å². The average Bonchev–Trinajstić information content (AvgIpc) is 3.73. The number of hydrogen-bond donors (Lipinski definition) is 0. The third-order valence-electron chi connectivity index (χ3n) is 13.6. The first kappa shape index (κ1) is 42.3. The first-order valence-corrected chi connectivity index (χ1v) is 21.2. The van der Waals surface area contributed by atoms with Gasteiger partial charge in [-0.3, -0.25) is 14.4 Å². The molecule has 0 bridgehead atoms. The first-order chi connectivity index (χ1) is 25.8. The highest BCUT2D eigenvalue weighted by Crippen LogP contribution is 2.57. The molecule has 0 radical (unpaired) electrons. The molecule has 6 aliphatic rings. The monoisotopic (exact) mass is 825 g/mol. The van der Waals surface area contributed by atoms with E-state index in [1.165, 1.54) is 0 Å². The average molecular weight is 827 g/mol. The van der Waals surface area contributed by atoms with Gasteiger partial charge in [0.15, 0.2) is 18.4 Å². The van der Waals surface area contributed by atoms with Crippen molar-refractivity contribution in [2.24, 2.45) is 35.5 Å². The Kier molecular flexibility index (Phi) is 14.2. The summed E-state index contributed by atoms with van der Waals surface area (Å²) < 4.78 is 49.4. The molecule has 3 aliphatic heterocycles. The molecule has 3 saturated heterocycles. The van der Waals surface area contributed by atoms with Gasteiger partial charge in [0, 0.05) is 45.1 Å². The smallest absolute Gasteiger partial charge is 0.306 e. The van der Waals surface area contributed by atoms with Crippen LogP contribution in [0.4, 0.5) is 0 Å². The molecule has 0 aromatic rings. The zero-order valence-electron chi connectivity index (χ0n) is 33.6. The van der Waals surface area contributed by atoms with Gasteiger partial charge in [-0.1, -0.05) is 35.9 Å². The summed E-state index contributed by atoms with van der Waals surface area (Å²) in [6.45, 7) is 8.00. The normalized spacial score (nSPS) is 46.2. The summed E-state index contributed by atoms with van der Waals surface area (Å²) in [6.07, 6.45) is 4.32. The predicted molar refractivity (Wildman–Crippen MR) is 203 cm³/mol. The quantitative estimate of drug-likeness (QED) is 0.222. The van der Waals surface area contributed by atoms with Crippen LogP contribution in [-0.4, -0.2) is 130 Å². The van der Waals surface area contributed by atoms with E-state index in [-0.39, 0.29) is 84.3 Å². The van der Waals surface area contributed by atoms with Gasteiger partial charge < -0.3 is 42.8 Å². The minimum Gasteiger partial charge on any atom is -0.462 e. The molecule has 3 heterocycles. The van der Waals surface area contributed by atoms with Gasteiger partial charge in [-0.05, 0) is 103 Å². The Hall–Kier alpha value is -1.29. The minimum absolute atomic E-state index is 0.00244. The molecule has 306 valence electrons. The Bertz CT molecular complexity index is 1360. The summed E-state index contributed by atoms with van der Waals surface area (Å²) >= 11 is 3.82. The molecule has 13 heteroatoms. The van der Waals surface area contributed by atoms with Crippen LogP contribution >= 0.6 is 15.9 Å². The van der Waals surface area contributed by atoms with E-state index in [0.29, 0.717) is 43.7 Å². The number of carbonyl (C=O) groups excluding carboxylic acids is 3. The third-order valence-corrected chi connectivity index (χ3v) is 14.7. The fourth-order valence-electron chi connectivity index (χ4n) is 10.7. The summed E-state index contributed by atoms with van der Waals surface area (Å²) in [4.78, 5) is 44.3. The van der Waals surface area contributed by atoms with E-state index in [0.717, 1.165) is 19.3 Å². The number of Topliss-reactive ketones (excluding diaryl/α,β-unsaturated/α-hetero) is 2. The topological polar surface area (TPSA) is 128 Å². The highest BCUT2D eigenvalue weighted by atomic mass is 79.9. The Labute approximate surface area is 330 Å². The highest BCUT2D eigenvalue weighted by molar-refractivity contribution is 9.10. The van der Waals surface area contributed by atoms with Crippen LogP contribution in [0.2, 0.25) is 0 Å². The van der Waals surface area contributed by atoms with Gasteiger partial charge in [-0.25, -0.2) is 0 Å². The van der Waals surface area contributed by atoms with Crippen molar-refractivity contribution in [2.45, 2.75) is 158 Å². The Balaban J connectivity index is 1.25. The lowest BCUT2D eigenvalue weighted by Crippen LogP contribution is -2.59. The van der Waals surface area contributed by atoms with Crippen LogP contribution in [0, 0.1) is 35.5 Å². The van der Waals surface area contributed by atoms with Crippen molar-refractivity contribution in [3.63, 3.8) is 0 Å². The van der Waals surface area contributed by atoms with Crippen LogP contribution in [0.25, 0.3) is 0 Å². The molecule has 3 aliphatic carbocycles. The van der Waals surface area contributed by atoms with Crippen molar-refractivity contribution in [3.8, 4) is 0 Å². The maximum atomic E-state index is 14.8. The molecule has 2 saturated carbocycles. The molecule has 54 heavy (non-hydrogen) atoms. The number of cyclic esters (lactones) is 1. The molecule has 0 aromatic heterocycles. The van der Waals surface area contributed by atoms with Gasteiger partial charge in [0.25, 0.3) is 0 Å². The van der Waals surface area contributed by atoms with E-state index in [2.05, 4.69) is 47.9 Å². The Morgan fingerprint density at radius 1 is 0.852 bits per heavy atom. The molecule has 0 amide bonds. The molecule has 6 rings (SSSR count). The number of ketones is 2. The number of ether oxygens (including phenoxy) is 8. The number of likely N-dealkylation sites (N-methyl/N-ethyl adjacent to an activating group) is 1. The number of methoxy groups -OCH3 is 3. The lowest BCUT2D eigenvalue weighted by atomic mass is 9.65. The standard InChI is InChI=1S/C41H64BrNO11/c1-10-23-12-11-13-31(54-33-15-14-30(43(5)6)21(3)50-33)20(2)36(45)29-18-26-25-16-24(53-41-40(49-9)39(48-8)38(47-7)22(4)51-41)17-28(25)37(46)35(42)34(26)27(29)19-32(44)52-23/h18,20-28,30-31,33-35,38-41H,10-17,19H2,1-9H3/t20-,21?,22?,23+,24+,25+,26+,27-,28-,30+,31+,33+,34-,35?,38+,39?,40+,41+/m1/s1. The lowest BCUT2D eigenvalue weighted by Gasteiger charge is -2.44. The van der Waals surface area contributed by atoms with E-state index < -0.39 is 41.5 Å². The summed E-state index contributed by atoms with van der Waals surface area (Å²) in [7, 11) is 9.00. The van der Waals surface area contributed by atoms with E-state index in [1.54, 1.807) is 21.3 Å². The lowest BCUT2D eigenvalue weighted by molar-refractivity contribution is -0.314. The highest BCUT2D eigenvalue weighted by Gasteiger charge is 2.59. The fraction of sp³-hybridized carbons (Fsp3) is 0.878. The first-order valence-electron chi connectivity index (χ1n) is 20.3. The molecule has 0 aromatic carbocycles. The van der Waals surface area contributed by atoms with Crippen LogP contribution in [0.5, 0.6) is 0 Å². The largest absolute Gasteiger partial charge is 0.462 e. The van der Waals surface area contributed by atoms with Gasteiger partial charge in [0.05, 0.1) is 35.7 Å². The number of nitrogens with zero attached hydrogens (tertiary/aromatic N) is 1. The predicted octanol–water partition coefficient (Wildman–Crippen LogP) is 5.26. The van der Waals surface area contributed by atoms with Gasteiger partial charge in [0.1, 0.15) is 30.2 Å². The van der Waals surface area contributed by atoms with Gasteiger partial charge in [-0.2, -0.15) is 0 Å². The zero-order valence-corrected chi connectivity index (χ0v) is 35.2. The van der Waals surface area contributed by atoms with E-state index in [4.69, 9.17) is 37.9 Å².